The van der Waals surface area contributed by atoms with Crippen LogP contribution in [-0.2, 0) is 6.54 Å². The Morgan fingerprint density at radius 1 is 1.18 bits per heavy atom. The topological polar surface area (TPSA) is 81.1 Å². The van der Waals surface area contributed by atoms with Crippen molar-refractivity contribution in [1.29, 1.82) is 5.41 Å². The van der Waals surface area contributed by atoms with E-state index < -0.39 is 0 Å². The molecule has 0 fully saturated rings. The number of nitrogens with two attached hydrogens (primary N) is 1. The number of ether oxygens (including phenoxy) is 1. The molecule has 0 saturated heterocycles. The predicted octanol–water partition coefficient (Wildman–Crippen LogP) is 2.61. The molecule has 22 heavy (non-hydrogen) atoms. The lowest BCUT2D eigenvalue weighted by Crippen LogP contribution is -2.30. The third-order valence-corrected chi connectivity index (χ3v) is 3.37. The highest BCUT2D eigenvalue weighted by atomic mass is 16.5. The number of nitrogen functional groups attached to an aromatic ring is 1. The second kappa shape index (κ2) is 6.93. The first kappa shape index (κ1) is 15.8. The zero-order valence-electron chi connectivity index (χ0n) is 12.9. The fourth-order valence-electron chi connectivity index (χ4n) is 2.37. The molecule has 1 aromatic carbocycles. The summed E-state index contributed by atoms with van der Waals surface area (Å²) in [5.74, 6) is 0.601. The molecule has 0 bridgehead atoms. The minimum absolute atomic E-state index is 0.201. The van der Waals surface area contributed by atoms with Crippen LogP contribution >= 0.6 is 0 Å². The van der Waals surface area contributed by atoms with Crippen LogP contribution in [-0.4, -0.2) is 17.0 Å². The molecular weight excluding hydrogens is 278 g/mol. The van der Waals surface area contributed by atoms with Crippen molar-refractivity contribution in [2.75, 3.05) is 6.61 Å². The number of nitrogens with one attached hydrogen (secondary N) is 1. The van der Waals surface area contributed by atoms with Crippen LogP contribution in [0.4, 0.5) is 0 Å². The van der Waals surface area contributed by atoms with Crippen LogP contribution < -0.4 is 16.0 Å². The number of aromatic nitrogens is 1. The third kappa shape index (κ3) is 3.19. The summed E-state index contributed by atoms with van der Waals surface area (Å²) in [4.78, 5) is 12.5. The van der Waals surface area contributed by atoms with Crippen molar-refractivity contribution in [3.8, 4) is 17.0 Å². The molecule has 2 rings (SSSR count). The van der Waals surface area contributed by atoms with Gasteiger partial charge in [-0.1, -0.05) is 6.92 Å². The van der Waals surface area contributed by atoms with Crippen molar-refractivity contribution in [2.45, 2.75) is 26.8 Å². The van der Waals surface area contributed by atoms with Gasteiger partial charge in [0, 0.05) is 6.54 Å². The molecule has 0 saturated carbocycles. The maximum atomic E-state index is 12.5. The number of pyridine rings is 1. The number of hydrogen-bond acceptors (Lipinski definition) is 3. The lowest BCUT2D eigenvalue weighted by molar-refractivity contribution is 0.340. The van der Waals surface area contributed by atoms with Gasteiger partial charge in [0.1, 0.15) is 11.6 Å². The monoisotopic (exact) mass is 299 g/mol. The molecule has 0 aliphatic carbocycles. The summed E-state index contributed by atoms with van der Waals surface area (Å²) in [5.41, 5.74) is 7.25. The van der Waals surface area contributed by atoms with E-state index in [4.69, 9.17) is 15.9 Å². The Bertz CT molecular complexity index is 718. The van der Waals surface area contributed by atoms with Crippen LogP contribution in [0.5, 0.6) is 5.75 Å². The fourth-order valence-corrected chi connectivity index (χ4v) is 2.37. The second-order valence-corrected chi connectivity index (χ2v) is 4.96. The van der Waals surface area contributed by atoms with Gasteiger partial charge in [-0.05, 0) is 55.3 Å². The molecule has 3 N–H and O–H groups in total. The molecule has 116 valence electrons. The molecular formula is C17H21N3O2. The lowest BCUT2D eigenvalue weighted by Gasteiger charge is -2.14. The Morgan fingerprint density at radius 2 is 1.86 bits per heavy atom. The van der Waals surface area contributed by atoms with Crippen LogP contribution in [0.1, 0.15) is 25.8 Å². The molecule has 1 aromatic heterocycles. The van der Waals surface area contributed by atoms with Gasteiger partial charge in [0.25, 0.3) is 5.56 Å². The molecule has 0 aliphatic rings. The Labute approximate surface area is 129 Å². The number of hydrogen-bond donors (Lipinski definition) is 2. The molecule has 0 unspecified atom stereocenters. The van der Waals surface area contributed by atoms with Crippen LogP contribution in [0.15, 0.2) is 41.2 Å². The summed E-state index contributed by atoms with van der Waals surface area (Å²) in [6.07, 6.45) is 0.825. The highest BCUT2D eigenvalue weighted by Crippen LogP contribution is 2.22. The molecule has 2 aromatic rings. The van der Waals surface area contributed by atoms with Gasteiger partial charge in [0.15, 0.2) is 0 Å². The van der Waals surface area contributed by atoms with Gasteiger partial charge in [0.2, 0.25) is 0 Å². The molecule has 0 atom stereocenters. The van der Waals surface area contributed by atoms with Crippen LogP contribution in [0.3, 0.4) is 0 Å². The summed E-state index contributed by atoms with van der Waals surface area (Å²) in [6.45, 7) is 5.15. The van der Waals surface area contributed by atoms with Crippen LogP contribution in [0.25, 0.3) is 11.3 Å². The van der Waals surface area contributed by atoms with E-state index in [1.54, 1.807) is 10.6 Å². The number of benzene rings is 1. The largest absolute Gasteiger partial charge is 0.494 e. The molecule has 5 nitrogen and oxygen atoms in total. The van der Waals surface area contributed by atoms with Crippen molar-refractivity contribution >= 4 is 5.84 Å². The molecule has 5 heteroatoms. The van der Waals surface area contributed by atoms with E-state index in [0.29, 0.717) is 13.2 Å². The van der Waals surface area contributed by atoms with Crippen molar-refractivity contribution in [3.63, 3.8) is 0 Å². The minimum atomic E-state index is -0.222. The van der Waals surface area contributed by atoms with Crippen LogP contribution in [0, 0.1) is 5.41 Å². The molecule has 0 aliphatic heterocycles. The van der Waals surface area contributed by atoms with E-state index in [-0.39, 0.29) is 17.0 Å². The van der Waals surface area contributed by atoms with Gasteiger partial charge in [-0.15, -0.1) is 0 Å². The van der Waals surface area contributed by atoms with Gasteiger partial charge < -0.3 is 15.0 Å². The summed E-state index contributed by atoms with van der Waals surface area (Å²) >= 11 is 0. The summed E-state index contributed by atoms with van der Waals surface area (Å²) < 4.78 is 7.11. The lowest BCUT2D eigenvalue weighted by atomic mass is 10.1. The first-order chi connectivity index (χ1) is 10.6. The fraction of sp³-hybridized carbons (Fsp3) is 0.294. The minimum Gasteiger partial charge on any atom is -0.494 e. The van der Waals surface area contributed by atoms with Crippen LogP contribution in [0.2, 0.25) is 0 Å². The first-order valence-corrected chi connectivity index (χ1v) is 7.40. The normalized spacial score (nSPS) is 10.5. The quantitative estimate of drug-likeness (QED) is 0.635. The molecule has 0 radical (unpaired) electrons. The Hall–Kier alpha value is -2.56. The Kier molecular flexibility index (Phi) is 4.99. The van der Waals surface area contributed by atoms with E-state index in [0.717, 1.165) is 23.4 Å². The van der Waals surface area contributed by atoms with Gasteiger partial charge >= 0.3 is 0 Å². The zero-order chi connectivity index (χ0) is 16.1. The van der Waals surface area contributed by atoms with Gasteiger partial charge in [-0.25, -0.2) is 0 Å². The smallest absolute Gasteiger partial charge is 0.262 e. The van der Waals surface area contributed by atoms with Gasteiger partial charge in [-0.2, -0.15) is 0 Å². The summed E-state index contributed by atoms with van der Waals surface area (Å²) in [6, 6.07) is 11.1. The second-order valence-electron chi connectivity index (χ2n) is 4.96. The Balaban J connectivity index is 2.52. The molecule has 1 heterocycles. The van der Waals surface area contributed by atoms with Crippen molar-refractivity contribution in [1.82, 2.24) is 4.57 Å². The Morgan fingerprint density at radius 3 is 2.41 bits per heavy atom. The van der Waals surface area contributed by atoms with Crippen molar-refractivity contribution in [2.24, 2.45) is 5.73 Å². The highest BCUT2D eigenvalue weighted by molar-refractivity contribution is 5.94. The standard InChI is InChI=1S/C17H21N3O2/c1-3-11-20-15(10-9-14(16(18)19)17(20)21)12-5-7-13(8-6-12)22-4-2/h5-10H,3-4,11H2,1-2H3,(H3,18,19). The van der Waals surface area contributed by atoms with Gasteiger partial charge in [-0.3, -0.25) is 10.2 Å². The van der Waals surface area contributed by atoms with E-state index in [9.17, 15) is 4.79 Å². The van der Waals surface area contributed by atoms with Crippen molar-refractivity contribution < 1.29 is 4.74 Å². The SMILES string of the molecule is CCCn1c(-c2ccc(OCC)cc2)ccc(C(=N)N)c1=O. The maximum absolute atomic E-state index is 12.5. The van der Waals surface area contributed by atoms with E-state index in [2.05, 4.69) is 0 Å². The summed E-state index contributed by atoms with van der Waals surface area (Å²) in [7, 11) is 0. The molecule has 0 amide bonds. The third-order valence-electron chi connectivity index (χ3n) is 3.37. The van der Waals surface area contributed by atoms with Crippen molar-refractivity contribution in [3.05, 3.63) is 52.3 Å². The van der Waals surface area contributed by atoms with E-state index in [1.165, 1.54) is 0 Å². The highest BCUT2D eigenvalue weighted by Gasteiger charge is 2.11. The maximum Gasteiger partial charge on any atom is 0.262 e. The average molecular weight is 299 g/mol. The first-order valence-electron chi connectivity index (χ1n) is 7.40. The van der Waals surface area contributed by atoms with E-state index in [1.807, 2.05) is 44.2 Å². The zero-order valence-corrected chi connectivity index (χ0v) is 12.9. The number of amidine groups is 1. The number of rotatable bonds is 6. The predicted molar refractivity (Wildman–Crippen MR) is 88.6 cm³/mol. The average Bonchev–Trinajstić information content (AvgIpc) is 2.50. The number of nitrogens with zero attached hydrogens (tertiary/aromatic N) is 1. The van der Waals surface area contributed by atoms with Gasteiger partial charge in [0.05, 0.1) is 17.9 Å². The van der Waals surface area contributed by atoms with E-state index >= 15 is 0 Å². The molecule has 0 spiro atoms. The summed E-state index contributed by atoms with van der Waals surface area (Å²) in [5, 5.41) is 7.50.